The Bertz CT molecular complexity index is 936. The van der Waals surface area contributed by atoms with Crippen LogP contribution in [0.5, 0.6) is 11.5 Å². The van der Waals surface area contributed by atoms with Crippen LogP contribution in [-0.4, -0.2) is 39.6 Å². The molecule has 158 valence electrons. The molecular formula is C21H21NO8. The highest BCUT2D eigenvalue weighted by atomic mass is 16.5. The number of hydrogen-bond acceptors (Lipinski definition) is 7. The average Bonchev–Trinajstić information content (AvgIpc) is 2.72. The van der Waals surface area contributed by atoms with E-state index >= 15 is 0 Å². The zero-order chi connectivity index (χ0) is 22.3. The fraction of sp³-hybridized carbons (Fsp3) is 0.238. The Kier molecular flexibility index (Phi) is 7.27. The molecule has 0 heterocycles. The van der Waals surface area contributed by atoms with E-state index in [2.05, 4.69) is 0 Å². The van der Waals surface area contributed by atoms with Crippen molar-refractivity contribution in [2.75, 3.05) is 0 Å². The summed E-state index contributed by atoms with van der Waals surface area (Å²) in [6.07, 6.45) is -0.0146. The minimum Gasteiger partial charge on any atom is -0.478 e. The number of carboxylic acids is 2. The fourth-order valence-corrected chi connectivity index (χ4v) is 2.47. The second kappa shape index (κ2) is 9.66. The van der Waals surface area contributed by atoms with Crippen LogP contribution in [0.4, 0.5) is 0 Å². The molecule has 0 saturated heterocycles. The monoisotopic (exact) mass is 415 g/mol. The number of hydrogen-bond donors (Lipinski definition) is 3. The summed E-state index contributed by atoms with van der Waals surface area (Å²) >= 11 is 0. The molecule has 0 aliphatic heterocycles. The molecular weight excluding hydrogens is 394 g/mol. The summed E-state index contributed by atoms with van der Waals surface area (Å²) < 4.78 is 10.4. The SMILES string of the molecule is CC[C@](N)(CCC(=O)Oc1ccc(C(=O)O)cc1)C(=O)Oc1ccc(C(=O)O)cc1. The van der Waals surface area contributed by atoms with Crippen molar-refractivity contribution in [1.82, 2.24) is 0 Å². The summed E-state index contributed by atoms with van der Waals surface area (Å²) in [7, 11) is 0. The lowest BCUT2D eigenvalue weighted by atomic mass is 9.91. The summed E-state index contributed by atoms with van der Waals surface area (Å²) in [6.45, 7) is 1.67. The molecule has 0 spiro atoms. The third-order valence-corrected chi connectivity index (χ3v) is 4.46. The predicted octanol–water partition coefficient (Wildman–Crippen LogP) is 2.48. The van der Waals surface area contributed by atoms with Gasteiger partial charge < -0.3 is 25.4 Å². The first-order valence-electron chi connectivity index (χ1n) is 9.03. The Hall–Kier alpha value is -3.72. The van der Waals surface area contributed by atoms with Gasteiger partial charge in [-0.05, 0) is 61.4 Å². The van der Waals surface area contributed by atoms with Gasteiger partial charge in [0.15, 0.2) is 0 Å². The second-order valence-corrected chi connectivity index (χ2v) is 6.53. The number of rotatable bonds is 9. The van der Waals surface area contributed by atoms with Crippen LogP contribution in [0.2, 0.25) is 0 Å². The number of ether oxygens (including phenoxy) is 2. The van der Waals surface area contributed by atoms with Crippen LogP contribution in [0.25, 0.3) is 0 Å². The lowest BCUT2D eigenvalue weighted by molar-refractivity contribution is -0.141. The van der Waals surface area contributed by atoms with E-state index in [4.69, 9.17) is 25.4 Å². The third-order valence-electron chi connectivity index (χ3n) is 4.46. The van der Waals surface area contributed by atoms with E-state index in [0.717, 1.165) is 0 Å². The molecule has 0 unspecified atom stereocenters. The van der Waals surface area contributed by atoms with Crippen LogP contribution in [0.1, 0.15) is 46.9 Å². The van der Waals surface area contributed by atoms with E-state index in [0.29, 0.717) is 0 Å². The van der Waals surface area contributed by atoms with Crippen LogP contribution >= 0.6 is 0 Å². The van der Waals surface area contributed by atoms with Gasteiger partial charge >= 0.3 is 23.9 Å². The smallest absolute Gasteiger partial charge is 0.335 e. The van der Waals surface area contributed by atoms with Gasteiger partial charge in [-0.3, -0.25) is 4.79 Å². The number of carboxylic acid groups (broad SMARTS) is 2. The molecule has 1 atom stereocenters. The molecule has 0 bridgehead atoms. The van der Waals surface area contributed by atoms with Crippen molar-refractivity contribution in [1.29, 1.82) is 0 Å². The van der Waals surface area contributed by atoms with Crippen molar-refractivity contribution in [2.45, 2.75) is 31.7 Å². The van der Waals surface area contributed by atoms with E-state index in [1.807, 2.05) is 0 Å². The maximum Gasteiger partial charge on any atom is 0.335 e. The van der Waals surface area contributed by atoms with Crippen LogP contribution in [0, 0.1) is 0 Å². The maximum absolute atomic E-state index is 12.5. The van der Waals surface area contributed by atoms with E-state index in [1.54, 1.807) is 6.92 Å². The molecule has 0 saturated carbocycles. The summed E-state index contributed by atoms with van der Waals surface area (Å²) in [5.74, 6) is -3.29. The summed E-state index contributed by atoms with van der Waals surface area (Å²) in [4.78, 5) is 46.3. The fourth-order valence-electron chi connectivity index (χ4n) is 2.47. The van der Waals surface area contributed by atoms with Gasteiger partial charge in [-0.25, -0.2) is 14.4 Å². The first-order valence-corrected chi connectivity index (χ1v) is 9.03. The number of carbonyl (C=O) groups is 4. The van der Waals surface area contributed by atoms with Crippen molar-refractivity contribution in [3.8, 4) is 11.5 Å². The lowest BCUT2D eigenvalue weighted by Crippen LogP contribution is -2.50. The molecule has 0 aliphatic rings. The van der Waals surface area contributed by atoms with Gasteiger partial charge in [0, 0.05) is 6.42 Å². The summed E-state index contributed by atoms with van der Waals surface area (Å²) in [5.41, 5.74) is 4.77. The van der Waals surface area contributed by atoms with Crippen LogP contribution in [0.15, 0.2) is 48.5 Å². The predicted molar refractivity (Wildman–Crippen MR) is 105 cm³/mol. The van der Waals surface area contributed by atoms with Gasteiger partial charge in [-0.15, -0.1) is 0 Å². The molecule has 2 aromatic carbocycles. The van der Waals surface area contributed by atoms with Crippen molar-refractivity contribution < 1.29 is 38.9 Å². The van der Waals surface area contributed by atoms with Gasteiger partial charge in [-0.2, -0.15) is 0 Å². The zero-order valence-corrected chi connectivity index (χ0v) is 16.2. The summed E-state index contributed by atoms with van der Waals surface area (Å²) in [5, 5.41) is 17.8. The Labute approximate surface area is 172 Å². The Morgan fingerprint density at radius 1 is 0.833 bits per heavy atom. The van der Waals surface area contributed by atoms with E-state index < -0.39 is 29.4 Å². The molecule has 0 aliphatic carbocycles. The number of aromatic carboxylic acids is 2. The highest BCUT2D eigenvalue weighted by Gasteiger charge is 2.35. The lowest BCUT2D eigenvalue weighted by Gasteiger charge is -2.25. The maximum atomic E-state index is 12.5. The van der Waals surface area contributed by atoms with Gasteiger partial charge in [0.1, 0.15) is 17.0 Å². The van der Waals surface area contributed by atoms with Gasteiger partial charge in [0.25, 0.3) is 0 Å². The van der Waals surface area contributed by atoms with Crippen LogP contribution in [0.3, 0.4) is 0 Å². The first-order chi connectivity index (χ1) is 14.1. The summed E-state index contributed by atoms with van der Waals surface area (Å²) in [6, 6.07) is 10.6. The normalized spacial score (nSPS) is 12.5. The number of esters is 2. The standard InChI is InChI=1S/C21H21NO8/c1-2-21(22,20(28)30-16-9-5-14(6-10-16)19(26)27)12-11-17(23)29-15-7-3-13(4-8-15)18(24)25/h3-10H,2,11-12,22H2,1H3,(H,24,25)(H,26,27)/t21-/m0/s1. The zero-order valence-electron chi connectivity index (χ0n) is 16.2. The highest BCUT2D eigenvalue weighted by Crippen LogP contribution is 2.21. The van der Waals surface area contributed by atoms with E-state index in [-0.39, 0.29) is 41.9 Å². The van der Waals surface area contributed by atoms with E-state index in [1.165, 1.54) is 48.5 Å². The molecule has 0 amide bonds. The van der Waals surface area contributed by atoms with Gasteiger partial charge in [0.2, 0.25) is 0 Å². The van der Waals surface area contributed by atoms with Gasteiger partial charge in [-0.1, -0.05) is 6.92 Å². The van der Waals surface area contributed by atoms with Crippen molar-refractivity contribution >= 4 is 23.9 Å². The van der Waals surface area contributed by atoms with Crippen molar-refractivity contribution in [2.24, 2.45) is 5.73 Å². The Balaban J connectivity index is 1.94. The number of carbonyl (C=O) groups excluding carboxylic acids is 2. The highest BCUT2D eigenvalue weighted by molar-refractivity contribution is 5.88. The minimum absolute atomic E-state index is 0.0401. The topological polar surface area (TPSA) is 153 Å². The minimum atomic E-state index is -1.45. The number of benzene rings is 2. The Morgan fingerprint density at radius 2 is 1.27 bits per heavy atom. The molecule has 9 nitrogen and oxygen atoms in total. The Morgan fingerprint density at radius 3 is 1.67 bits per heavy atom. The third kappa shape index (κ3) is 5.89. The number of nitrogens with two attached hydrogens (primary N) is 1. The molecule has 30 heavy (non-hydrogen) atoms. The van der Waals surface area contributed by atoms with Gasteiger partial charge in [0.05, 0.1) is 11.1 Å². The van der Waals surface area contributed by atoms with Crippen LogP contribution < -0.4 is 15.2 Å². The second-order valence-electron chi connectivity index (χ2n) is 6.53. The van der Waals surface area contributed by atoms with E-state index in [9.17, 15) is 19.2 Å². The quantitative estimate of drug-likeness (QED) is 0.414. The molecule has 0 fully saturated rings. The molecule has 0 radical (unpaired) electrons. The van der Waals surface area contributed by atoms with Crippen LogP contribution in [-0.2, 0) is 9.59 Å². The molecule has 2 rings (SSSR count). The van der Waals surface area contributed by atoms with Crippen molar-refractivity contribution in [3.63, 3.8) is 0 Å². The molecule has 0 aromatic heterocycles. The van der Waals surface area contributed by atoms with Crippen molar-refractivity contribution in [3.05, 3.63) is 59.7 Å². The molecule has 9 heteroatoms. The molecule has 4 N–H and O–H groups in total. The average molecular weight is 415 g/mol. The molecule has 2 aromatic rings. The largest absolute Gasteiger partial charge is 0.478 e. The first kappa shape index (κ1) is 22.6.